The molecule has 0 saturated heterocycles. The van der Waals surface area contributed by atoms with E-state index in [-0.39, 0.29) is 0 Å². The summed E-state index contributed by atoms with van der Waals surface area (Å²) >= 11 is 5.93. The minimum absolute atomic E-state index is 0.387. The molecule has 1 unspecified atom stereocenters. The lowest BCUT2D eigenvalue weighted by Gasteiger charge is -2.16. The maximum Gasteiger partial charge on any atom is 0.216 e. The average Bonchev–Trinajstić information content (AvgIpc) is 2.63. The zero-order valence-corrected chi connectivity index (χ0v) is 19.0. The van der Waals surface area contributed by atoms with Gasteiger partial charge >= 0.3 is 0 Å². The third-order valence-corrected chi connectivity index (χ3v) is 7.00. The van der Waals surface area contributed by atoms with Crippen molar-refractivity contribution in [1.29, 1.82) is 0 Å². The molecule has 6 heteroatoms. The number of halogens is 1. The molecule has 0 fully saturated rings. The van der Waals surface area contributed by atoms with Gasteiger partial charge < -0.3 is 5.73 Å². The number of unbranched alkanes of at least 4 members (excludes halogenated alkanes) is 12. The Hall–Kier alpha value is -0.780. The summed E-state index contributed by atoms with van der Waals surface area (Å²) in [5.74, 6) is 0. The van der Waals surface area contributed by atoms with Gasteiger partial charge in [0.1, 0.15) is 5.25 Å². The topological polar surface area (TPSA) is 86.2 Å². The zero-order chi connectivity index (χ0) is 20.8. The molecule has 1 rings (SSSR count). The largest absolute Gasteiger partial charge is 0.398 e. The molecule has 162 valence electrons. The van der Waals surface area contributed by atoms with Crippen LogP contribution < -0.4 is 10.9 Å². The van der Waals surface area contributed by atoms with Gasteiger partial charge in [0.15, 0.2) is 0 Å². The normalized spacial score (nSPS) is 13.0. The highest BCUT2D eigenvalue weighted by atomic mass is 35.5. The van der Waals surface area contributed by atoms with E-state index in [9.17, 15) is 8.42 Å². The van der Waals surface area contributed by atoms with Gasteiger partial charge in [-0.1, -0.05) is 108 Å². The second kappa shape index (κ2) is 14.2. The van der Waals surface area contributed by atoms with E-state index in [1.807, 2.05) is 0 Å². The Morgan fingerprint density at radius 1 is 0.857 bits per heavy atom. The molecule has 0 aliphatic carbocycles. The summed E-state index contributed by atoms with van der Waals surface area (Å²) in [6.45, 7) is 2.25. The summed E-state index contributed by atoms with van der Waals surface area (Å²) in [4.78, 5) is 0. The van der Waals surface area contributed by atoms with Crippen LogP contribution in [0.4, 0.5) is 5.69 Å². The minimum atomic E-state index is -3.66. The van der Waals surface area contributed by atoms with Crippen LogP contribution in [0.2, 0.25) is 5.02 Å². The van der Waals surface area contributed by atoms with Crippen LogP contribution in [0, 0.1) is 0 Å². The highest BCUT2D eigenvalue weighted by Crippen LogP contribution is 2.30. The molecule has 4 nitrogen and oxygen atoms in total. The summed E-state index contributed by atoms with van der Waals surface area (Å²) < 4.78 is 24.0. The molecule has 0 aliphatic heterocycles. The van der Waals surface area contributed by atoms with E-state index in [0.717, 1.165) is 19.3 Å². The first-order valence-electron chi connectivity index (χ1n) is 10.9. The summed E-state index contributed by atoms with van der Waals surface area (Å²) in [5.41, 5.74) is 6.82. The Morgan fingerprint density at radius 2 is 1.32 bits per heavy atom. The first kappa shape index (κ1) is 25.3. The average molecular weight is 431 g/mol. The van der Waals surface area contributed by atoms with Gasteiger partial charge in [0, 0.05) is 0 Å². The summed E-state index contributed by atoms with van der Waals surface area (Å²) in [5, 5.41) is 5.17. The predicted molar refractivity (Wildman–Crippen MR) is 122 cm³/mol. The van der Waals surface area contributed by atoms with Crippen LogP contribution in [-0.4, -0.2) is 8.42 Å². The lowest BCUT2D eigenvalue weighted by atomic mass is 10.0. The molecule has 0 bridgehead atoms. The molecule has 1 aromatic carbocycles. The number of primary sulfonamides is 1. The Kier molecular flexibility index (Phi) is 12.8. The van der Waals surface area contributed by atoms with Crippen LogP contribution in [0.15, 0.2) is 18.2 Å². The van der Waals surface area contributed by atoms with Crippen molar-refractivity contribution in [2.75, 3.05) is 5.73 Å². The van der Waals surface area contributed by atoms with E-state index in [1.54, 1.807) is 18.2 Å². The van der Waals surface area contributed by atoms with Gasteiger partial charge in [-0.05, 0) is 24.1 Å². The van der Waals surface area contributed by atoms with Gasteiger partial charge in [-0.3, -0.25) is 0 Å². The lowest BCUT2D eigenvalue weighted by molar-refractivity contribution is 0.529. The third-order valence-electron chi connectivity index (χ3n) is 5.36. The summed E-state index contributed by atoms with van der Waals surface area (Å²) in [6, 6.07) is 4.96. The monoisotopic (exact) mass is 430 g/mol. The molecular weight excluding hydrogens is 392 g/mol. The molecule has 28 heavy (non-hydrogen) atoms. The fourth-order valence-electron chi connectivity index (χ4n) is 3.63. The minimum Gasteiger partial charge on any atom is -0.398 e. The van der Waals surface area contributed by atoms with Crippen molar-refractivity contribution in [3.8, 4) is 0 Å². The van der Waals surface area contributed by atoms with Crippen LogP contribution >= 0.6 is 11.6 Å². The molecule has 0 heterocycles. The fraction of sp³-hybridized carbons (Fsp3) is 0.727. The van der Waals surface area contributed by atoms with Crippen LogP contribution in [0.25, 0.3) is 0 Å². The molecule has 4 N–H and O–H groups in total. The SMILES string of the molecule is CCCCCCCCCCCCCCCC(c1ccc(Cl)c(N)c1)S(N)(=O)=O. The highest BCUT2D eigenvalue weighted by Gasteiger charge is 2.23. The first-order chi connectivity index (χ1) is 13.4. The van der Waals surface area contributed by atoms with Crippen LogP contribution in [-0.2, 0) is 10.0 Å². The van der Waals surface area contributed by atoms with Gasteiger partial charge in [0.25, 0.3) is 0 Å². The lowest BCUT2D eigenvalue weighted by Crippen LogP contribution is -2.22. The number of nitrogens with two attached hydrogens (primary N) is 2. The molecule has 0 spiro atoms. The van der Waals surface area contributed by atoms with Crippen molar-refractivity contribution in [3.63, 3.8) is 0 Å². The van der Waals surface area contributed by atoms with Gasteiger partial charge in [0.2, 0.25) is 10.0 Å². The standard InChI is InChI=1S/C22H39ClN2O2S/c1-2-3-4-5-6-7-8-9-10-11-12-13-14-15-22(28(25,26)27)19-16-17-20(23)21(24)18-19/h16-18,22H,2-15,24H2,1H3,(H2,25,26,27). The van der Waals surface area contributed by atoms with E-state index < -0.39 is 15.3 Å². The van der Waals surface area contributed by atoms with Crippen molar-refractivity contribution >= 4 is 27.3 Å². The zero-order valence-electron chi connectivity index (χ0n) is 17.5. The Bertz CT molecular complexity index is 650. The Balaban J connectivity index is 2.18. The number of hydrogen-bond donors (Lipinski definition) is 2. The maximum atomic E-state index is 12.0. The summed E-state index contributed by atoms with van der Waals surface area (Å²) in [7, 11) is -3.66. The van der Waals surface area contributed by atoms with Crippen LogP contribution in [0.1, 0.15) is 108 Å². The molecule has 1 aromatic rings. The van der Waals surface area contributed by atoms with E-state index >= 15 is 0 Å². The molecule has 0 saturated carbocycles. The smallest absolute Gasteiger partial charge is 0.216 e. The Morgan fingerprint density at radius 3 is 1.75 bits per heavy atom. The Labute approximate surface area is 177 Å². The highest BCUT2D eigenvalue weighted by molar-refractivity contribution is 7.89. The quantitative estimate of drug-likeness (QED) is 0.225. The number of benzene rings is 1. The second-order valence-electron chi connectivity index (χ2n) is 7.89. The predicted octanol–water partition coefficient (Wildman–Crippen LogP) is 6.73. The van der Waals surface area contributed by atoms with Crippen LogP contribution in [0.5, 0.6) is 0 Å². The number of anilines is 1. The maximum absolute atomic E-state index is 12.0. The summed E-state index contributed by atoms with van der Waals surface area (Å²) in [6.07, 6.45) is 16.9. The molecule has 1 atom stereocenters. The van der Waals surface area contributed by atoms with Gasteiger partial charge in [-0.15, -0.1) is 0 Å². The van der Waals surface area contributed by atoms with Gasteiger partial charge in [-0.25, -0.2) is 13.6 Å². The molecular formula is C22H39ClN2O2S. The first-order valence-corrected chi connectivity index (χ1v) is 12.9. The molecule has 0 aromatic heterocycles. The van der Waals surface area contributed by atoms with Crippen molar-refractivity contribution < 1.29 is 8.42 Å². The second-order valence-corrected chi connectivity index (χ2v) is 10.0. The van der Waals surface area contributed by atoms with Crippen molar-refractivity contribution in [3.05, 3.63) is 28.8 Å². The molecule has 0 radical (unpaired) electrons. The van der Waals surface area contributed by atoms with E-state index in [4.69, 9.17) is 22.5 Å². The number of sulfonamides is 1. The molecule has 0 aliphatic rings. The van der Waals surface area contributed by atoms with E-state index in [0.29, 0.717) is 22.7 Å². The number of hydrogen-bond acceptors (Lipinski definition) is 3. The number of rotatable bonds is 16. The number of nitrogen functional groups attached to an aromatic ring is 1. The van der Waals surface area contributed by atoms with Crippen molar-refractivity contribution in [2.24, 2.45) is 5.14 Å². The van der Waals surface area contributed by atoms with E-state index in [1.165, 1.54) is 64.2 Å². The van der Waals surface area contributed by atoms with E-state index in [2.05, 4.69) is 6.92 Å². The van der Waals surface area contributed by atoms with Crippen LogP contribution in [0.3, 0.4) is 0 Å². The van der Waals surface area contributed by atoms with Gasteiger partial charge in [0.05, 0.1) is 10.7 Å². The van der Waals surface area contributed by atoms with Crippen molar-refractivity contribution in [2.45, 2.75) is 102 Å². The third kappa shape index (κ3) is 10.7. The fourth-order valence-corrected chi connectivity index (χ4v) is 4.77. The van der Waals surface area contributed by atoms with Gasteiger partial charge in [-0.2, -0.15) is 0 Å². The van der Waals surface area contributed by atoms with Crippen molar-refractivity contribution in [1.82, 2.24) is 0 Å². The molecule has 0 amide bonds.